The molecule has 1 saturated heterocycles. The van der Waals surface area contributed by atoms with Crippen molar-refractivity contribution in [3.05, 3.63) is 47.8 Å². The van der Waals surface area contributed by atoms with E-state index in [1.54, 1.807) is 6.20 Å². The van der Waals surface area contributed by atoms with Crippen LogP contribution in [-0.4, -0.2) is 55.3 Å². The van der Waals surface area contributed by atoms with E-state index in [0.29, 0.717) is 24.8 Å². The molecule has 9 nitrogen and oxygen atoms in total. The molecule has 0 spiro atoms. The molecule has 2 aliphatic rings. The summed E-state index contributed by atoms with van der Waals surface area (Å²) in [6, 6.07) is 8.08. The van der Waals surface area contributed by atoms with E-state index in [2.05, 4.69) is 26.8 Å². The van der Waals surface area contributed by atoms with Crippen LogP contribution >= 0.6 is 0 Å². The van der Waals surface area contributed by atoms with Crippen LogP contribution in [-0.2, 0) is 17.7 Å². The second-order valence-electron chi connectivity index (χ2n) is 8.13. The van der Waals surface area contributed by atoms with Gasteiger partial charge in [-0.15, -0.1) is 0 Å². The van der Waals surface area contributed by atoms with Crippen LogP contribution in [0.4, 0.5) is 10.5 Å². The zero-order valence-electron chi connectivity index (χ0n) is 18.3. The fourth-order valence-corrected chi connectivity index (χ4v) is 4.23. The standard InChI is InChI=1S/C23H29N5O4/c1-30-23(29)32-21-13-26-8-4-20(21)27-9-5-16(6-10-27)15-31-19-3-2-17-7-11-28(22(24)25)14-18(17)12-19/h2-4,8,12-13,16H,5-7,9-11,14-15H2,1H3,(H3,24,25). The monoisotopic (exact) mass is 439 g/mol. The Labute approximate surface area is 187 Å². The molecule has 2 aliphatic heterocycles. The van der Waals surface area contributed by atoms with Gasteiger partial charge in [0.2, 0.25) is 0 Å². The van der Waals surface area contributed by atoms with Crippen LogP contribution < -0.4 is 20.1 Å². The summed E-state index contributed by atoms with van der Waals surface area (Å²) in [6.07, 6.45) is 5.32. The third-order valence-electron chi connectivity index (χ3n) is 6.09. The van der Waals surface area contributed by atoms with Gasteiger partial charge in [-0.3, -0.25) is 10.4 Å². The molecule has 0 unspecified atom stereocenters. The van der Waals surface area contributed by atoms with Gasteiger partial charge in [0.1, 0.15) is 5.75 Å². The van der Waals surface area contributed by atoms with Crippen LogP contribution in [0.2, 0.25) is 0 Å². The molecule has 0 bridgehead atoms. The molecule has 2 aromatic rings. The van der Waals surface area contributed by atoms with Crippen LogP contribution in [0.5, 0.6) is 11.5 Å². The maximum absolute atomic E-state index is 11.5. The van der Waals surface area contributed by atoms with E-state index >= 15 is 0 Å². The van der Waals surface area contributed by atoms with Crippen molar-refractivity contribution in [1.82, 2.24) is 9.88 Å². The Morgan fingerprint density at radius 3 is 2.78 bits per heavy atom. The summed E-state index contributed by atoms with van der Waals surface area (Å²) in [5.41, 5.74) is 8.97. The number of fused-ring (bicyclic) bond motifs is 1. The normalized spacial score (nSPS) is 16.3. The molecule has 0 saturated carbocycles. The Kier molecular flexibility index (Phi) is 6.63. The molecular formula is C23H29N5O4. The first-order valence-electron chi connectivity index (χ1n) is 10.8. The van der Waals surface area contributed by atoms with Crippen molar-refractivity contribution in [2.45, 2.75) is 25.8 Å². The summed E-state index contributed by atoms with van der Waals surface area (Å²) >= 11 is 0. The first kappa shape index (κ1) is 21.7. The SMILES string of the molecule is COC(=O)Oc1cnccc1N1CCC(COc2ccc3c(c2)CN(C(=N)N)CC3)CC1. The highest BCUT2D eigenvalue weighted by molar-refractivity contribution is 5.75. The van der Waals surface area contributed by atoms with E-state index in [1.165, 1.54) is 24.4 Å². The number of piperidine rings is 1. The second kappa shape index (κ2) is 9.76. The molecule has 3 heterocycles. The number of hydrogen-bond donors (Lipinski definition) is 2. The van der Waals surface area contributed by atoms with Gasteiger partial charge in [-0.2, -0.15) is 0 Å². The van der Waals surface area contributed by atoms with E-state index in [1.807, 2.05) is 17.0 Å². The minimum absolute atomic E-state index is 0.114. The Bertz CT molecular complexity index is 975. The molecule has 0 amide bonds. The van der Waals surface area contributed by atoms with Gasteiger partial charge in [-0.05, 0) is 54.5 Å². The number of guanidine groups is 1. The number of nitrogens with zero attached hydrogens (tertiary/aromatic N) is 3. The van der Waals surface area contributed by atoms with Crippen molar-refractivity contribution >= 4 is 17.8 Å². The van der Waals surface area contributed by atoms with Crippen molar-refractivity contribution in [1.29, 1.82) is 5.41 Å². The summed E-state index contributed by atoms with van der Waals surface area (Å²) in [4.78, 5) is 19.6. The molecule has 0 aliphatic carbocycles. The first-order valence-corrected chi connectivity index (χ1v) is 10.8. The van der Waals surface area contributed by atoms with Crippen molar-refractivity contribution in [3.63, 3.8) is 0 Å². The number of nitrogens with two attached hydrogens (primary N) is 1. The number of pyridine rings is 1. The van der Waals surface area contributed by atoms with Crippen LogP contribution in [0, 0.1) is 11.3 Å². The molecule has 1 fully saturated rings. The Morgan fingerprint density at radius 2 is 2.03 bits per heavy atom. The predicted octanol–water partition coefficient (Wildman–Crippen LogP) is 2.77. The fourth-order valence-electron chi connectivity index (χ4n) is 4.23. The molecule has 3 N–H and O–H groups in total. The first-order chi connectivity index (χ1) is 15.5. The number of aromatic nitrogens is 1. The van der Waals surface area contributed by atoms with Crippen molar-refractivity contribution in [3.8, 4) is 11.5 Å². The van der Waals surface area contributed by atoms with E-state index in [9.17, 15) is 4.79 Å². The van der Waals surface area contributed by atoms with Crippen LogP contribution in [0.3, 0.4) is 0 Å². The highest BCUT2D eigenvalue weighted by Gasteiger charge is 2.23. The summed E-state index contributed by atoms with van der Waals surface area (Å²) in [5.74, 6) is 1.83. The van der Waals surface area contributed by atoms with Crippen molar-refractivity contribution in [2.75, 3.05) is 38.3 Å². The van der Waals surface area contributed by atoms with E-state index in [0.717, 1.165) is 50.3 Å². The highest BCUT2D eigenvalue weighted by Crippen LogP contribution is 2.31. The predicted molar refractivity (Wildman–Crippen MR) is 120 cm³/mol. The quantitative estimate of drug-likeness (QED) is 0.415. The molecule has 9 heteroatoms. The van der Waals surface area contributed by atoms with Crippen LogP contribution in [0.25, 0.3) is 0 Å². The number of carbonyl (C=O) groups excluding carboxylic acids is 1. The maximum atomic E-state index is 11.5. The number of rotatable bonds is 5. The summed E-state index contributed by atoms with van der Waals surface area (Å²) < 4.78 is 16.0. The number of carbonyl (C=O) groups is 1. The van der Waals surface area contributed by atoms with Gasteiger partial charge in [0.15, 0.2) is 11.7 Å². The number of benzene rings is 1. The smallest absolute Gasteiger partial charge is 0.493 e. The van der Waals surface area contributed by atoms with Gasteiger partial charge in [-0.25, -0.2) is 4.79 Å². The number of methoxy groups -OCH3 is 1. The topological polar surface area (TPSA) is 114 Å². The molecule has 1 aromatic heterocycles. The summed E-state index contributed by atoms with van der Waals surface area (Å²) in [6.45, 7) is 3.78. The summed E-state index contributed by atoms with van der Waals surface area (Å²) in [7, 11) is 1.28. The van der Waals surface area contributed by atoms with Gasteiger partial charge in [0.25, 0.3) is 0 Å². The molecule has 170 valence electrons. The lowest BCUT2D eigenvalue weighted by molar-refractivity contribution is 0.121. The van der Waals surface area contributed by atoms with Gasteiger partial charge in [0, 0.05) is 32.4 Å². The zero-order chi connectivity index (χ0) is 22.5. The largest absolute Gasteiger partial charge is 0.513 e. The Morgan fingerprint density at radius 1 is 1.22 bits per heavy atom. The summed E-state index contributed by atoms with van der Waals surface area (Å²) in [5, 5.41) is 7.67. The van der Waals surface area contributed by atoms with Crippen molar-refractivity contribution in [2.24, 2.45) is 11.7 Å². The lowest BCUT2D eigenvalue weighted by Gasteiger charge is -2.34. The van der Waals surface area contributed by atoms with Crippen LogP contribution in [0.1, 0.15) is 24.0 Å². The maximum Gasteiger partial charge on any atom is 0.513 e. The van der Waals surface area contributed by atoms with Gasteiger partial charge >= 0.3 is 6.16 Å². The average molecular weight is 440 g/mol. The van der Waals surface area contributed by atoms with Gasteiger partial charge in [0.05, 0.1) is 25.6 Å². The number of nitrogens with one attached hydrogen (secondary N) is 1. The van der Waals surface area contributed by atoms with Gasteiger partial charge in [-0.1, -0.05) is 6.07 Å². The molecule has 0 atom stereocenters. The van der Waals surface area contributed by atoms with Crippen LogP contribution in [0.15, 0.2) is 36.7 Å². The lowest BCUT2D eigenvalue weighted by atomic mass is 9.97. The third-order valence-corrected chi connectivity index (χ3v) is 6.09. The minimum atomic E-state index is -0.751. The fraction of sp³-hybridized carbons (Fsp3) is 0.435. The highest BCUT2D eigenvalue weighted by atomic mass is 16.7. The molecular weight excluding hydrogens is 410 g/mol. The number of ether oxygens (including phenoxy) is 3. The molecule has 4 rings (SSSR count). The van der Waals surface area contributed by atoms with E-state index < -0.39 is 6.16 Å². The third kappa shape index (κ3) is 5.04. The second-order valence-corrected chi connectivity index (χ2v) is 8.13. The minimum Gasteiger partial charge on any atom is -0.493 e. The number of anilines is 1. The zero-order valence-corrected chi connectivity index (χ0v) is 18.3. The lowest BCUT2D eigenvalue weighted by Crippen LogP contribution is -2.40. The van der Waals surface area contributed by atoms with Gasteiger partial charge < -0.3 is 29.7 Å². The van der Waals surface area contributed by atoms with E-state index in [4.69, 9.17) is 20.6 Å². The van der Waals surface area contributed by atoms with E-state index in [-0.39, 0.29) is 5.96 Å². The van der Waals surface area contributed by atoms with Crippen molar-refractivity contribution < 1.29 is 19.0 Å². The average Bonchev–Trinajstić information content (AvgIpc) is 2.82. The number of hydrogen-bond acceptors (Lipinski definition) is 7. The molecule has 1 aromatic carbocycles. The Balaban J connectivity index is 1.31. The molecule has 32 heavy (non-hydrogen) atoms. The molecule has 0 radical (unpaired) electrons. The Hall–Kier alpha value is -3.49.